The number of hydrogen-bond acceptors (Lipinski definition) is 3. The zero-order chi connectivity index (χ0) is 14.3. The summed E-state index contributed by atoms with van der Waals surface area (Å²) in [5.41, 5.74) is 0.833. The second-order valence-corrected chi connectivity index (χ2v) is 5.20. The molecule has 0 saturated heterocycles. The fourth-order valence-electron chi connectivity index (χ4n) is 1.61. The Morgan fingerprint density at radius 3 is 2.53 bits per heavy atom. The molecule has 0 fully saturated rings. The third kappa shape index (κ3) is 6.45. The maximum Gasteiger partial charge on any atom is 0.323 e. The minimum atomic E-state index is -0.862. The maximum absolute atomic E-state index is 10.9. The van der Waals surface area contributed by atoms with Gasteiger partial charge in [0.25, 0.3) is 0 Å². The van der Waals surface area contributed by atoms with Gasteiger partial charge in [0.15, 0.2) is 0 Å². The van der Waals surface area contributed by atoms with Crippen molar-refractivity contribution >= 4 is 23.3 Å². The quantitative estimate of drug-likeness (QED) is 0.746. The first kappa shape index (κ1) is 15.8. The van der Waals surface area contributed by atoms with E-state index in [1.165, 1.54) is 0 Å². The molecule has 0 saturated carbocycles. The molecule has 0 atom stereocenters. The van der Waals surface area contributed by atoms with E-state index in [0.717, 1.165) is 5.69 Å². The molecule has 0 amide bonds. The molecule has 0 aliphatic rings. The number of nitrogens with zero attached hydrogens (tertiary/aromatic N) is 1. The number of carboxylic acids is 1. The van der Waals surface area contributed by atoms with Gasteiger partial charge in [-0.2, -0.15) is 0 Å². The summed E-state index contributed by atoms with van der Waals surface area (Å²) < 4.78 is 5.49. The van der Waals surface area contributed by atoms with Crippen LogP contribution in [0.2, 0.25) is 5.02 Å². The lowest BCUT2D eigenvalue weighted by Gasteiger charge is -2.23. The summed E-state index contributed by atoms with van der Waals surface area (Å²) in [4.78, 5) is 12.6. The summed E-state index contributed by atoms with van der Waals surface area (Å²) in [5, 5.41) is 9.57. The van der Waals surface area contributed by atoms with Gasteiger partial charge in [0.1, 0.15) is 6.54 Å². The molecule has 0 heterocycles. The number of benzene rings is 1. The molecule has 0 spiro atoms. The van der Waals surface area contributed by atoms with Crippen LogP contribution in [0, 0.1) is 5.92 Å². The van der Waals surface area contributed by atoms with E-state index in [-0.39, 0.29) is 6.54 Å². The first-order valence-corrected chi connectivity index (χ1v) is 6.67. The number of carbonyl (C=O) groups is 1. The van der Waals surface area contributed by atoms with E-state index in [2.05, 4.69) is 13.8 Å². The molecule has 1 aromatic carbocycles. The standard InChI is InChI=1S/C14H20ClNO3/c1-11(2)10-19-8-7-16(9-14(17)18)13-5-3-12(15)4-6-13/h3-6,11H,7-10H2,1-2H3,(H,17,18). The molecule has 0 radical (unpaired) electrons. The number of ether oxygens (including phenoxy) is 1. The van der Waals surface area contributed by atoms with Crippen molar-refractivity contribution < 1.29 is 14.6 Å². The average Bonchev–Trinajstić information content (AvgIpc) is 2.33. The Bertz CT molecular complexity index is 392. The molecule has 106 valence electrons. The number of halogens is 1. The maximum atomic E-state index is 10.9. The predicted octanol–water partition coefficient (Wildman–Crippen LogP) is 2.90. The van der Waals surface area contributed by atoms with Crippen LogP contribution < -0.4 is 4.90 Å². The highest BCUT2D eigenvalue weighted by molar-refractivity contribution is 6.30. The van der Waals surface area contributed by atoms with Gasteiger partial charge in [-0.15, -0.1) is 0 Å². The second-order valence-electron chi connectivity index (χ2n) is 4.76. The molecule has 0 aliphatic carbocycles. The van der Waals surface area contributed by atoms with Crippen LogP contribution in [0.4, 0.5) is 5.69 Å². The van der Waals surface area contributed by atoms with Crippen molar-refractivity contribution in [2.24, 2.45) is 5.92 Å². The zero-order valence-electron chi connectivity index (χ0n) is 11.3. The largest absolute Gasteiger partial charge is 0.480 e. The van der Waals surface area contributed by atoms with Crippen LogP contribution in [-0.2, 0) is 9.53 Å². The van der Waals surface area contributed by atoms with Crippen molar-refractivity contribution in [1.82, 2.24) is 0 Å². The van der Waals surface area contributed by atoms with E-state index in [1.54, 1.807) is 17.0 Å². The summed E-state index contributed by atoms with van der Waals surface area (Å²) in [6, 6.07) is 7.13. The van der Waals surface area contributed by atoms with Gasteiger partial charge in [0.2, 0.25) is 0 Å². The Hall–Kier alpha value is -1.26. The van der Waals surface area contributed by atoms with E-state index < -0.39 is 5.97 Å². The Balaban J connectivity index is 2.56. The van der Waals surface area contributed by atoms with E-state index in [1.807, 2.05) is 12.1 Å². The number of hydrogen-bond donors (Lipinski definition) is 1. The highest BCUT2D eigenvalue weighted by Crippen LogP contribution is 2.17. The molecule has 1 aromatic rings. The fraction of sp³-hybridized carbons (Fsp3) is 0.500. The van der Waals surface area contributed by atoms with Crippen LogP contribution in [0.1, 0.15) is 13.8 Å². The third-order valence-electron chi connectivity index (χ3n) is 2.47. The number of aliphatic carboxylic acids is 1. The summed E-state index contributed by atoms with van der Waals surface area (Å²) in [5.74, 6) is -0.387. The van der Waals surface area contributed by atoms with E-state index >= 15 is 0 Å². The molecular weight excluding hydrogens is 266 g/mol. The van der Waals surface area contributed by atoms with Crippen LogP contribution in [0.3, 0.4) is 0 Å². The van der Waals surface area contributed by atoms with Gasteiger partial charge >= 0.3 is 5.97 Å². The molecule has 1 N–H and O–H groups in total. The Morgan fingerprint density at radius 2 is 2.00 bits per heavy atom. The molecule has 0 aromatic heterocycles. The fourth-order valence-corrected chi connectivity index (χ4v) is 1.73. The van der Waals surface area contributed by atoms with Crippen molar-refractivity contribution in [2.75, 3.05) is 31.2 Å². The molecule has 0 unspecified atom stereocenters. The second kappa shape index (κ2) is 8.02. The molecule has 0 bridgehead atoms. The molecule has 0 aliphatic heterocycles. The number of carboxylic acid groups (broad SMARTS) is 1. The number of rotatable bonds is 8. The predicted molar refractivity (Wildman–Crippen MR) is 77.0 cm³/mol. The summed E-state index contributed by atoms with van der Waals surface area (Å²) in [6.07, 6.45) is 0. The minimum Gasteiger partial charge on any atom is -0.480 e. The summed E-state index contributed by atoms with van der Waals surface area (Å²) in [7, 11) is 0. The molecule has 19 heavy (non-hydrogen) atoms. The van der Waals surface area contributed by atoms with Crippen LogP contribution in [-0.4, -0.2) is 37.4 Å². The van der Waals surface area contributed by atoms with Gasteiger partial charge in [-0.1, -0.05) is 25.4 Å². The lowest BCUT2D eigenvalue weighted by atomic mass is 10.2. The Morgan fingerprint density at radius 1 is 1.37 bits per heavy atom. The Labute approximate surface area is 118 Å². The summed E-state index contributed by atoms with van der Waals surface area (Å²) >= 11 is 5.82. The van der Waals surface area contributed by atoms with Crippen LogP contribution >= 0.6 is 11.6 Å². The van der Waals surface area contributed by atoms with Gasteiger partial charge in [-0.25, -0.2) is 0 Å². The lowest BCUT2D eigenvalue weighted by Crippen LogP contribution is -2.33. The topological polar surface area (TPSA) is 49.8 Å². The molecule has 4 nitrogen and oxygen atoms in total. The van der Waals surface area contributed by atoms with Gasteiger partial charge in [-0.05, 0) is 30.2 Å². The van der Waals surface area contributed by atoms with Crippen LogP contribution in [0.25, 0.3) is 0 Å². The van der Waals surface area contributed by atoms with Crippen molar-refractivity contribution in [3.8, 4) is 0 Å². The first-order valence-electron chi connectivity index (χ1n) is 6.29. The van der Waals surface area contributed by atoms with Gasteiger partial charge in [0, 0.05) is 23.9 Å². The van der Waals surface area contributed by atoms with Crippen molar-refractivity contribution in [3.63, 3.8) is 0 Å². The third-order valence-corrected chi connectivity index (χ3v) is 2.73. The molecule has 5 heteroatoms. The Kier molecular flexibility index (Phi) is 6.67. The molecule has 1 rings (SSSR count). The average molecular weight is 286 g/mol. The van der Waals surface area contributed by atoms with Crippen molar-refractivity contribution in [1.29, 1.82) is 0 Å². The smallest absolute Gasteiger partial charge is 0.323 e. The van der Waals surface area contributed by atoms with E-state index in [4.69, 9.17) is 21.4 Å². The lowest BCUT2D eigenvalue weighted by molar-refractivity contribution is -0.135. The number of anilines is 1. The van der Waals surface area contributed by atoms with E-state index in [0.29, 0.717) is 30.7 Å². The SMILES string of the molecule is CC(C)COCCN(CC(=O)O)c1ccc(Cl)cc1. The molecular formula is C14H20ClNO3. The van der Waals surface area contributed by atoms with Gasteiger partial charge < -0.3 is 14.7 Å². The van der Waals surface area contributed by atoms with Crippen LogP contribution in [0.5, 0.6) is 0 Å². The van der Waals surface area contributed by atoms with Crippen LogP contribution in [0.15, 0.2) is 24.3 Å². The van der Waals surface area contributed by atoms with Crippen molar-refractivity contribution in [2.45, 2.75) is 13.8 Å². The van der Waals surface area contributed by atoms with E-state index in [9.17, 15) is 4.79 Å². The summed E-state index contributed by atoms with van der Waals surface area (Å²) in [6.45, 7) is 5.84. The van der Waals surface area contributed by atoms with Gasteiger partial charge in [0.05, 0.1) is 6.61 Å². The normalized spacial score (nSPS) is 10.7. The highest BCUT2D eigenvalue weighted by Gasteiger charge is 2.10. The van der Waals surface area contributed by atoms with Gasteiger partial charge in [-0.3, -0.25) is 4.79 Å². The first-order chi connectivity index (χ1) is 8.99. The minimum absolute atomic E-state index is 0.0489. The zero-order valence-corrected chi connectivity index (χ0v) is 12.1. The van der Waals surface area contributed by atoms with Crippen molar-refractivity contribution in [3.05, 3.63) is 29.3 Å². The highest BCUT2D eigenvalue weighted by atomic mass is 35.5. The monoisotopic (exact) mass is 285 g/mol.